The Hall–Kier alpha value is -3.45. The van der Waals surface area contributed by atoms with E-state index in [4.69, 9.17) is 4.84 Å². The number of nitrogens with zero attached hydrogens (tertiary/aromatic N) is 4. The minimum absolute atomic E-state index is 0.120. The van der Waals surface area contributed by atoms with E-state index in [0.29, 0.717) is 0 Å². The van der Waals surface area contributed by atoms with Crippen LogP contribution in [0.5, 0.6) is 0 Å². The lowest BCUT2D eigenvalue weighted by atomic mass is 9.84. The van der Waals surface area contributed by atoms with E-state index >= 15 is 0 Å². The standard InChI is InChI=1S/C25H24N4O2S/c1-17-26-12-13-29(17)15-19-8-9-22-24(20-5-3-4-6-21(20)28(22)2)25(19)27-31-23(30)10-7-18-11-14-32-16-18/h3-7,10-14,16,19H,8-9,15H2,1-2H3. The van der Waals surface area contributed by atoms with Gasteiger partial charge in [0.25, 0.3) is 0 Å². The second-order valence-corrected chi connectivity index (χ2v) is 8.82. The van der Waals surface area contributed by atoms with Crippen LogP contribution in [0, 0.1) is 12.8 Å². The highest BCUT2D eigenvalue weighted by Crippen LogP contribution is 2.35. The summed E-state index contributed by atoms with van der Waals surface area (Å²) in [6.07, 6.45) is 8.85. The summed E-state index contributed by atoms with van der Waals surface area (Å²) in [5.41, 5.74) is 5.28. The molecule has 5 rings (SSSR count). The first-order valence-electron chi connectivity index (χ1n) is 10.7. The molecule has 1 atom stereocenters. The molecule has 0 N–H and O–H groups in total. The average molecular weight is 445 g/mol. The number of aryl methyl sites for hydroxylation is 2. The maximum Gasteiger partial charge on any atom is 0.358 e. The molecule has 3 heterocycles. The highest BCUT2D eigenvalue weighted by atomic mass is 32.1. The van der Waals surface area contributed by atoms with Crippen LogP contribution >= 0.6 is 11.3 Å². The number of hydrogen-bond acceptors (Lipinski definition) is 5. The first kappa shape index (κ1) is 20.5. The second-order valence-electron chi connectivity index (χ2n) is 8.04. The maximum absolute atomic E-state index is 12.4. The molecule has 0 saturated heterocycles. The molecule has 3 aromatic heterocycles. The Labute approximate surface area is 190 Å². The van der Waals surface area contributed by atoms with Crippen LogP contribution in [-0.2, 0) is 29.6 Å². The number of aromatic nitrogens is 3. The monoisotopic (exact) mass is 444 g/mol. The summed E-state index contributed by atoms with van der Waals surface area (Å²) in [7, 11) is 2.09. The molecule has 1 aliphatic rings. The van der Waals surface area contributed by atoms with Gasteiger partial charge in [0.05, 0.1) is 5.71 Å². The first-order chi connectivity index (χ1) is 15.6. The van der Waals surface area contributed by atoms with E-state index in [1.165, 1.54) is 11.8 Å². The van der Waals surface area contributed by atoms with E-state index in [-0.39, 0.29) is 5.92 Å². The van der Waals surface area contributed by atoms with Crippen molar-refractivity contribution in [3.63, 3.8) is 0 Å². The number of fused-ring (bicyclic) bond motifs is 3. The molecular weight excluding hydrogens is 420 g/mol. The number of carbonyl (C=O) groups is 1. The third kappa shape index (κ3) is 3.80. The van der Waals surface area contributed by atoms with Gasteiger partial charge in [-0.1, -0.05) is 23.4 Å². The predicted octanol–water partition coefficient (Wildman–Crippen LogP) is 4.97. The smallest absolute Gasteiger partial charge is 0.347 e. The van der Waals surface area contributed by atoms with Crippen molar-refractivity contribution in [2.24, 2.45) is 18.1 Å². The van der Waals surface area contributed by atoms with Gasteiger partial charge in [0, 0.05) is 60.1 Å². The third-order valence-electron chi connectivity index (χ3n) is 6.13. The zero-order valence-electron chi connectivity index (χ0n) is 18.1. The lowest BCUT2D eigenvalue weighted by molar-refractivity contribution is -0.137. The van der Waals surface area contributed by atoms with Gasteiger partial charge in [-0.2, -0.15) is 11.3 Å². The normalized spacial score (nSPS) is 17.3. The van der Waals surface area contributed by atoms with Gasteiger partial charge < -0.3 is 14.0 Å². The SMILES string of the molecule is Cc1nccn1CC1CCc2c(c3ccccc3n2C)C1=NOC(=O)C=Cc1ccsc1. The maximum atomic E-state index is 12.4. The molecule has 0 spiro atoms. The van der Waals surface area contributed by atoms with Crippen LogP contribution in [0.2, 0.25) is 0 Å². The van der Waals surface area contributed by atoms with Crippen molar-refractivity contribution < 1.29 is 9.63 Å². The van der Waals surface area contributed by atoms with Crippen LogP contribution in [0.1, 0.15) is 29.1 Å². The zero-order chi connectivity index (χ0) is 22.1. The molecule has 0 fully saturated rings. The highest BCUT2D eigenvalue weighted by Gasteiger charge is 2.31. The lowest BCUT2D eigenvalue weighted by Crippen LogP contribution is -2.28. The molecule has 0 radical (unpaired) electrons. The summed E-state index contributed by atoms with van der Waals surface area (Å²) in [6, 6.07) is 10.3. The second kappa shape index (κ2) is 8.59. The molecule has 0 amide bonds. The topological polar surface area (TPSA) is 61.4 Å². The van der Waals surface area contributed by atoms with Crippen LogP contribution in [0.25, 0.3) is 17.0 Å². The molecule has 4 aromatic rings. The molecule has 162 valence electrons. The molecule has 0 bridgehead atoms. The summed E-state index contributed by atoms with van der Waals surface area (Å²) in [5, 5.41) is 9.54. The van der Waals surface area contributed by atoms with Crippen molar-refractivity contribution in [3.05, 3.63) is 82.2 Å². The zero-order valence-corrected chi connectivity index (χ0v) is 18.9. The number of oxime groups is 1. The van der Waals surface area contributed by atoms with E-state index < -0.39 is 5.97 Å². The fourth-order valence-electron chi connectivity index (χ4n) is 4.47. The van der Waals surface area contributed by atoms with Gasteiger partial charge in [-0.3, -0.25) is 0 Å². The molecular formula is C25H24N4O2S. The Morgan fingerprint density at radius 1 is 1.34 bits per heavy atom. The van der Waals surface area contributed by atoms with E-state index in [2.05, 4.69) is 38.5 Å². The minimum Gasteiger partial charge on any atom is -0.347 e. The van der Waals surface area contributed by atoms with Gasteiger partial charge in [0.15, 0.2) is 0 Å². The van der Waals surface area contributed by atoms with Crippen LogP contribution < -0.4 is 0 Å². The number of thiophene rings is 1. The van der Waals surface area contributed by atoms with Gasteiger partial charge in [0.2, 0.25) is 0 Å². The molecule has 1 aliphatic carbocycles. The molecule has 0 aliphatic heterocycles. The fraction of sp³-hybridized carbons (Fsp3) is 0.240. The van der Waals surface area contributed by atoms with Crippen molar-refractivity contribution in [2.45, 2.75) is 26.3 Å². The third-order valence-corrected chi connectivity index (χ3v) is 6.83. The van der Waals surface area contributed by atoms with Gasteiger partial charge >= 0.3 is 5.97 Å². The van der Waals surface area contributed by atoms with E-state index in [9.17, 15) is 4.79 Å². The van der Waals surface area contributed by atoms with Crippen molar-refractivity contribution >= 4 is 40.0 Å². The van der Waals surface area contributed by atoms with Gasteiger partial charge in [0.1, 0.15) is 5.82 Å². The summed E-state index contributed by atoms with van der Waals surface area (Å²) < 4.78 is 4.37. The minimum atomic E-state index is -0.478. The quantitative estimate of drug-likeness (QED) is 0.248. The summed E-state index contributed by atoms with van der Waals surface area (Å²) in [5.74, 6) is 0.604. The number of carbonyl (C=O) groups excluding carboxylic acids is 1. The molecule has 1 unspecified atom stereocenters. The predicted molar refractivity (Wildman–Crippen MR) is 128 cm³/mol. The molecule has 7 heteroatoms. The van der Waals surface area contributed by atoms with Crippen LogP contribution in [0.4, 0.5) is 0 Å². The number of para-hydroxylation sites is 1. The Kier molecular flexibility index (Phi) is 5.49. The summed E-state index contributed by atoms with van der Waals surface area (Å²) >= 11 is 1.59. The number of benzene rings is 1. The number of hydrogen-bond donors (Lipinski definition) is 0. The summed E-state index contributed by atoms with van der Waals surface area (Å²) in [4.78, 5) is 22.2. The molecule has 0 saturated carbocycles. The van der Waals surface area contributed by atoms with E-state index in [1.54, 1.807) is 17.4 Å². The fourth-order valence-corrected chi connectivity index (χ4v) is 5.10. The van der Waals surface area contributed by atoms with Crippen molar-refractivity contribution in [1.29, 1.82) is 0 Å². The highest BCUT2D eigenvalue weighted by molar-refractivity contribution is 7.08. The average Bonchev–Trinajstić information content (AvgIpc) is 3.53. The Morgan fingerprint density at radius 3 is 3.00 bits per heavy atom. The largest absolute Gasteiger partial charge is 0.358 e. The van der Waals surface area contributed by atoms with Gasteiger partial charge in [-0.15, -0.1) is 0 Å². The Balaban J connectivity index is 1.52. The number of rotatable bonds is 5. The van der Waals surface area contributed by atoms with Crippen molar-refractivity contribution in [2.75, 3.05) is 0 Å². The van der Waals surface area contributed by atoms with Crippen molar-refractivity contribution in [1.82, 2.24) is 14.1 Å². The summed E-state index contributed by atoms with van der Waals surface area (Å²) in [6.45, 7) is 2.74. The Morgan fingerprint density at radius 2 is 2.22 bits per heavy atom. The van der Waals surface area contributed by atoms with Gasteiger partial charge in [-0.05, 0) is 54.3 Å². The first-order valence-corrected chi connectivity index (χ1v) is 11.6. The van der Waals surface area contributed by atoms with Crippen LogP contribution in [-0.4, -0.2) is 25.8 Å². The van der Waals surface area contributed by atoms with Gasteiger partial charge in [-0.25, -0.2) is 9.78 Å². The number of imidazole rings is 1. The van der Waals surface area contributed by atoms with E-state index in [1.807, 2.05) is 48.3 Å². The lowest BCUT2D eigenvalue weighted by Gasteiger charge is -2.25. The molecule has 6 nitrogen and oxygen atoms in total. The van der Waals surface area contributed by atoms with Crippen LogP contribution in [0.15, 0.2) is 64.7 Å². The Bertz CT molecular complexity index is 1330. The van der Waals surface area contributed by atoms with E-state index in [0.717, 1.165) is 53.0 Å². The molecule has 32 heavy (non-hydrogen) atoms. The molecule has 1 aromatic carbocycles. The van der Waals surface area contributed by atoms with Crippen LogP contribution in [0.3, 0.4) is 0 Å². The van der Waals surface area contributed by atoms with Crippen molar-refractivity contribution in [3.8, 4) is 0 Å².